The molecule has 2 rings (SSSR count). The Kier molecular flexibility index (Phi) is 6.17. The number of benzene rings is 1. The van der Waals surface area contributed by atoms with Crippen molar-refractivity contribution in [3.05, 3.63) is 35.9 Å². The summed E-state index contributed by atoms with van der Waals surface area (Å²) in [6, 6.07) is 6.97. The van der Waals surface area contributed by atoms with Gasteiger partial charge in [-0.25, -0.2) is 8.78 Å². The molecule has 0 radical (unpaired) electrons. The monoisotopic (exact) mass is 383 g/mol. The molecule has 23 heavy (non-hydrogen) atoms. The molecule has 1 aliphatic heterocycles. The van der Waals surface area contributed by atoms with Gasteiger partial charge in [0.2, 0.25) is 5.91 Å². The standard InChI is InChI=1S/C17H16BrF2NO2/c1-2-3-10-23-13-6-4-12(5-7-13)15-9-8-14(18)17(22)21(15)11-16(19)20/h4-7,9,14,16H,8,10-11H2,1H3. The van der Waals surface area contributed by atoms with Gasteiger partial charge < -0.3 is 9.64 Å². The molecule has 1 amide bonds. The zero-order valence-corrected chi connectivity index (χ0v) is 14.1. The smallest absolute Gasteiger partial charge is 0.256 e. The van der Waals surface area contributed by atoms with Crippen LogP contribution in [0.3, 0.4) is 0 Å². The van der Waals surface area contributed by atoms with Crippen LogP contribution in [0.2, 0.25) is 0 Å². The predicted molar refractivity (Wildman–Crippen MR) is 88.4 cm³/mol. The quantitative estimate of drug-likeness (QED) is 0.573. The van der Waals surface area contributed by atoms with Gasteiger partial charge in [-0.3, -0.25) is 4.79 Å². The number of hydrogen-bond donors (Lipinski definition) is 0. The van der Waals surface area contributed by atoms with Crippen molar-refractivity contribution in [3.8, 4) is 17.6 Å². The molecule has 1 aromatic rings. The van der Waals surface area contributed by atoms with Crippen LogP contribution in [-0.4, -0.2) is 35.2 Å². The molecule has 6 heteroatoms. The third kappa shape index (κ3) is 4.55. The Morgan fingerprint density at radius 2 is 2.09 bits per heavy atom. The highest BCUT2D eigenvalue weighted by molar-refractivity contribution is 9.10. The first-order valence-corrected chi connectivity index (χ1v) is 8.01. The Morgan fingerprint density at radius 1 is 1.39 bits per heavy atom. The second kappa shape index (κ2) is 8.11. The first-order chi connectivity index (χ1) is 11.0. The van der Waals surface area contributed by atoms with Crippen LogP contribution in [-0.2, 0) is 4.79 Å². The Hall–Kier alpha value is -1.87. The van der Waals surface area contributed by atoms with Gasteiger partial charge in [0, 0.05) is 5.70 Å². The Bertz CT molecular complexity index is 647. The van der Waals surface area contributed by atoms with E-state index in [0.29, 0.717) is 30.0 Å². The van der Waals surface area contributed by atoms with Crippen LogP contribution in [0.15, 0.2) is 30.3 Å². The van der Waals surface area contributed by atoms with Crippen molar-refractivity contribution >= 4 is 27.5 Å². The van der Waals surface area contributed by atoms with Gasteiger partial charge in [-0.2, -0.15) is 0 Å². The number of hydrogen-bond acceptors (Lipinski definition) is 2. The maximum Gasteiger partial charge on any atom is 0.256 e. The lowest BCUT2D eigenvalue weighted by Crippen LogP contribution is -2.40. The van der Waals surface area contributed by atoms with Gasteiger partial charge in [0.15, 0.2) is 0 Å². The topological polar surface area (TPSA) is 29.5 Å². The number of halogens is 3. The lowest BCUT2D eigenvalue weighted by Gasteiger charge is -2.31. The summed E-state index contributed by atoms with van der Waals surface area (Å²) >= 11 is 3.22. The predicted octanol–water partition coefficient (Wildman–Crippen LogP) is 3.69. The van der Waals surface area contributed by atoms with E-state index in [1.165, 1.54) is 0 Å². The van der Waals surface area contributed by atoms with Gasteiger partial charge in [-0.15, -0.1) is 5.92 Å². The molecule has 0 N–H and O–H groups in total. The summed E-state index contributed by atoms with van der Waals surface area (Å²) in [6.45, 7) is 1.41. The summed E-state index contributed by atoms with van der Waals surface area (Å²) in [4.78, 5) is 12.8. The molecule has 0 spiro atoms. The molecule has 1 aromatic carbocycles. The van der Waals surface area contributed by atoms with Crippen LogP contribution in [0, 0.1) is 11.8 Å². The van der Waals surface area contributed by atoms with Gasteiger partial charge in [0.05, 0.1) is 11.4 Å². The average molecular weight is 384 g/mol. The molecule has 0 aliphatic carbocycles. The molecular formula is C17H16BrF2NO2. The lowest BCUT2D eigenvalue weighted by atomic mass is 10.0. The van der Waals surface area contributed by atoms with Gasteiger partial charge in [-0.1, -0.05) is 27.9 Å². The second-order valence-corrected chi connectivity index (χ2v) is 5.98. The van der Waals surface area contributed by atoms with Crippen LogP contribution in [0.1, 0.15) is 18.9 Å². The Balaban J connectivity index is 2.20. The lowest BCUT2D eigenvalue weighted by molar-refractivity contribution is -0.129. The summed E-state index contributed by atoms with van der Waals surface area (Å²) in [5, 5.41) is 0. The maximum absolute atomic E-state index is 12.8. The van der Waals surface area contributed by atoms with Crippen LogP contribution < -0.4 is 4.74 Å². The first-order valence-electron chi connectivity index (χ1n) is 7.09. The van der Waals surface area contributed by atoms with Crippen LogP contribution >= 0.6 is 15.9 Å². The Labute approximate surface area is 142 Å². The molecule has 1 aliphatic rings. The minimum absolute atomic E-state index is 0.291. The fourth-order valence-corrected chi connectivity index (χ4v) is 2.66. The van der Waals surface area contributed by atoms with Gasteiger partial charge in [0.1, 0.15) is 12.4 Å². The number of rotatable bonds is 5. The van der Waals surface area contributed by atoms with Crippen LogP contribution in [0.5, 0.6) is 5.75 Å². The third-order valence-electron chi connectivity index (χ3n) is 3.30. The first kappa shape index (κ1) is 17.5. The van der Waals surface area contributed by atoms with Crippen molar-refractivity contribution in [2.75, 3.05) is 13.2 Å². The molecule has 0 fully saturated rings. The SMILES string of the molecule is CC#CCOc1ccc(C2=CCC(Br)C(=O)N2CC(F)F)cc1. The number of allylic oxidation sites excluding steroid dienone is 1. The van der Waals surface area contributed by atoms with E-state index < -0.39 is 17.8 Å². The molecule has 0 aromatic heterocycles. The van der Waals surface area contributed by atoms with E-state index in [4.69, 9.17) is 4.74 Å². The highest BCUT2D eigenvalue weighted by Gasteiger charge is 2.31. The minimum atomic E-state index is -2.59. The molecule has 1 atom stereocenters. The largest absolute Gasteiger partial charge is 0.481 e. The molecule has 1 heterocycles. The van der Waals surface area contributed by atoms with Gasteiger partial charge >= 0.3 is 0 Å². The van der Waals surface area contributed by atoms with Crippen molar-refractivity contribution in [2.45, 2.75) is 24.6 Å². The van der Waals surface area contributed by atoms with E-state index in [0.717, 1.165) is 4.90 Å². The van der Waals surface area contributed by atoms with Gasteiger partial charge in [0.25, 0.3) is 6.43 Å². The third-order valence-corrected chi connectivity index (χ3v) is 4.07. The van der Waals surface area contributed by atoms with Crippen molar-refractivity contribution < 1.29 is 18.3 Å². The summed E-state index contributed by atoms with van der Waals surface area (Å²) in [7, 11) is 0. The molecule has 3 nitrogen and oxygen atoms in total. The second-order valence-electron chi connectivity index (χ2n) is 4.87. The van der Waals surface area contributed by atoms with E-state index in [1.54, 1.807) is 37.3 Å². The molecule has 0 saturated heterocycles. The normalized spacial score (nSPS) is 17.6. The summed E-state index contributed by atoms with van der Waals surface area (Å²) < 4.78 is 31.0. The number of carbonyl (C=O) groups is 1. The summed E-state index contributed by atoms with van der Waals surface area (Å²) in [5.41, 5.74) is 1.21. The van der Waals surface area contributed by atoms with Crippen molar-refractivity contribution in [1.29, 1.82) is 0 Å². The molecule has 0 saturated carbocycles. The molecule has 122 valence electrons. The number of nitrogens with zero attached hydrogens (tertiary/aromatic N) is 1. The number of ether oxygens (including phenoxy) is 1. The molecule has 0 bridgehead atoms. The highest BCUT2D eigenvalue weighted by Crippen LogP contribution is 2.30. The van der Waals surface area contributed by atoms with Gasteiger partial charge in [-0.05, 0) is 43.2 Å². The van der Waals surface area contributed by atoms with E-state index >= 15 is 0 Å². The number of amides is 1. The zero-order valence-electron chi connectivity index (χ0n) is 12.6. The Morgan fingerprint density at radius 3 is 2.70 bits per heavy atom. The number of alkyl halides is 3. The molecule has 1 unspecified atom stereocenters. The van der Waals surface area contributed by atoms with E-state index in [9.17, 15) is 13.6 Å². The maximum atomic E-state index is 12.8. The van der Waals surface area contributed by atoms with Crippen LogP contribution in [0.25, 0.3) is 5.70 Å². The van der Waals surface area contributed by atoms with Crippen LogP contribution in [0.4, 0.5) is 8.78 Å². The fraction of sp³-hybridized carbons (Fsp3) is 0.353. The van der Waals surface area contributed by atoms with Crippen molar-refractivity contribution in [2.24, 2.45) is 0 Å². The summed E-state index contributed by atoms with van der Waals surface area (Å²) in [5.74, 6) is 5.81. The highest BCUT2D eigenvalue weighted by atomic mass is 79.9. The fourth-order valence-electron chi connectivity index (χ4n) is 2.23. The molecular weight excluding hydrogens is 368 g/mol. The van der Waals surface area contributed by atoms with E-state index in [-0.39, 0.29) is 5.91 Å². The van der Waals surface area contributed by atoms with Crippen molar-refractivity contribution in [1.82, 2.24) is 4.90 Å². The van der Waals surface area contributed by atoms with Crippen molar-refractivity contribution in [3.63, 3.8) is 0 Å². The van der Waals surface area contributed by atoms with E-state index in [1.807, 2.05) is 0 Å². The summed E-state index contributed by atoms with van der Waals surface area (Å²) in [6.07, 6.45) is -0.324. The average Bonchev–Trinajstić information content (AvgIpc) is 2.53. The number of carbonyl (C=O) groups excluding carboxylic acids is 1. The zero-order chi connectivity index (χ0) is 16.8. The minimum Gasteiger partial charge on any atom is -0.481 e. The van der Waals surface area contributed by atoms with E-state index in [2.05, 4.69) is 27.8 Å².